The summed E-state index contributed by atoms with van der Waals surface area (Å²) in [6.07, 6.45) is 3.79. The van der Waals surface area contributed by atoms with E-state index in [0.29, 0.717) is 0 Å². The topological polar surface area (TPSA) is 34.1 Å². The van der Waals surface area contributed by atoms with Crippen molar-refractivity contribution in [1.82, 2.24) is 0 Å². The van der Waals surface area contributed by atoms with Crippen molar-refractivity contribution in [3.8, 4) is 0 Å². The molecule has 0 aliphatic carbocycles. The fourth-order valence-electron chi connectivity index (χ4n) is 1.57. The summed E-state index contributed by atoms with van der Waals surface area (Å²) in [5.74, 6) is 2.20. The van der Waals surface area contributed by atoms with Crippen LogP contribution in [0.3, 0.4) is 0 Å². The molecule has 15 heavy (non-hydrogen) atoms. The van der Waals surface area contributed by atoms with Crippen molar-refractivity contribution in [2.24, 2.45) is 0 Å². The van der Waals surface area contributed by atoms with Crippen molar-refractivity contribution in [2.75, 3.05) is 11.5 Å². The van der Waals surface area contributed by atoms with Crippen molar-refractivity contribution in [3.63, 3.8) is 0 Å². The Hall–Kier alpha value is 1.35. The van der Waals surface area contributed by atoms with Gasteiger partial charge in [0.05, 0.1) is 0 Å². The quantitative estimate of drug-likeness (QED) is 0.727. The second-order valence-electron chi connectivity index (χ2n) is 3.57. The van der Waals surface area contributed by atoms with Crippen molar-refractivity contribution in [3.05, 3.63) is 0 Å². The van der Waals surface area contributed by atoms with Crippen LogP contribution >= 0.6 is 43.2 Å². The molecule has 2 unspecified atom stereocenters. The molecule has 0 aromatic heterocycles. The van der Waals surface area contributed by atoms with Crippen LogP contribution in [0.15, 0.2) is 0 Å². The summed E-state index contributed by atoms with van der Waals surface area (Å²) in [4.78, 5) is 0. The van der Waals surface area contributed by atoms with Gasteiger partial charge >= 0.3 is 0 Å². The smallest absolute Gasteiger partial charge is 0.176 e. The van der Waals surface area contributed by atoms with E-state index in [4.69, 9.17) is 0 Å². The molecular weight excluding hydrogens is 288 g/mol. The van der Waals surface area contributed by atoms with Gasteiger partial charge < -0.3 is 0 Å². The first-order valence-electron chi connectivity index (χ1n) is 5.00. The molecule has 88 valence electrons. The molecule has 0 bridgehead atoms. The van der Waals surface area contributed by atoms with Gasteiger partial charge in [-0.1, -0.05) is 43.2 Å². The van der Waals surface area contributed by atoms with Crippen LogP contribution in [0.2, 0.25) is 0 Å². The van der Waals surface area contributed by atoms with Gasteiger partial charge in [0.25, 0.3) is 0 Å². The molecule has 2 rings (SSSR count). The fourth-order valence-corrected chi connectivity index (χ4v) is 12.1. The average Bonchev–Trinajstić information content (AvgIpc) is 2.31. The van der Waals surface area contributed by atoms with Gasteiger partial charge in [0.15, 0.2) is 9.84 Å². The lowest BCUT2D eigenvalue weighted by Crippen LogP contribution is -2.29. The zero-order valence-corrected chi connectivity index (χ0v) is 12.3. The molecule has 2 aliphatic rings. The Morgan fingerprint density at radius 2 is 1.33 bits per heavy atom. The first-order chi connectivity index (χ1) is 7.21. The minimum absolute atomic E-state index is 0.146. The largest absolute Gasteiger partial charge is 0.226 e. The molecule has 0 saturated carbocycles. The van der Waals surface area contributed by atoms with Gasteiger partial charge in [-0.3, -0.25) is 0 Å². The third-order valence-corrected chi connectivity index (χ3v) is 12.6. The van der Waals surface area contributed by atoms with E-state index >= 15 is 0 Å². The molecule has 0 aromatic rings. The van der Waals surface area contributed by atoms with E-state index < -0.39 is 9.84 Å². The third-order valence-electron chi connectivity index (χ3n) is 2.42. The summed E-state index contributed by atoms with van der Waals surface area (Å²) >= 11 is 0. The van der Waals surface area contributed by atoms with Crippen LogP contribution in [0, 0.1) is 0 Å². The lowest BCUT2D eigenvalue weighted by molar-refractivity contribution is 0.582. The van der Waals surface area contributed by atoms with Crippen LogP contribution < -0.4 is 0 Å². The highest BCUT2D eigenvalue weighted by atomic mass is 33.1. The van der Waals surface area contributed by atoms with Gasteiger partial charge in [-0.25, -0.2) is 8.42 Å². The number of rotatable bonds is 2. The molecule has 0 amide bonds. The van der Waals surface area contributed by atoms with Crippen molar-refractivity contribution < 1.29 is 8.42 Å². The molecule has 2 saturated heterocycles. The first kappa shape index (κ1) is 12.8. The van der Waals surface area contributed by atoms with Gasteiger partial charge in [-0.05, 0) is 25.7 Å². The minimum atomic E-state index is -2.90. The Bertz CT molecular complexity index is 266. The van der Waals surface area contributed by atoms with E-state index in [0.717, 1.165) is 37.2 Å². The highest BCUT2D eigenvalue weighted by Crippen LogP contribution is 2.46. The standard InChI is InChI=1S/C8H14O2S5/c9-15(10,7-3-1-5-11-13-7)8-4-2-6-12-14-8/h7-8H,1-6H2. The Balaban J connectivity index is 2.03. The maximum absolute atomic E-state index is 12.3. The van der Waals surface area contributed by atoms with Crippen molar-refractivity contribution in [1.29, 1.82) is 0 Å². The maximum Gasteiger partial charge on any atom is 0.176 e. The minimum Gasteiger partial charge on any atom is -0.226 e. The van der Waals surface area contributed by atoms with E-state index in [2.05, 4.69) is 0 Å². The first-order valence-corrected chi connectivity index (χ1v) is 11.4. The molecule has 0 radical (unpaired) electrons. The number of hydrogen-bond acceptors (Lipinski definition) is 6. The van der Waals surface area contributed by atoms with E-state index in [1.54, 1.807) is 43.2 Å². The van der Waals surface area contributed by atoms with Gasteiger partial charge in [-0.15, -0.1) is 0 Å². The second-order valence-corrected chi connectivity index (χ2v) is 11.9. The normalized spacial score (nSPS) is 33.9. The Morgan fingerprint density at radius 1 is 0.867 bits per heavy atom. The summed E-state index contributed by atoms with van der Waals surface area (Å²) in [7, 11) is 3.67. The summed E-state index contributed by atoms with van der Waals surface area (Å²) in [5, 5.41) is 0. The third kappa shape index (κ3) is 3.18. The molecule has 2 heterocycles. The SMILES string of the molecule is O=S(=O)(C1CCCSS1)C1CCCSS1. The number of hydrogen-bond donors (Lipinski definition) is 0. The Kier molecular flexibility index (Phi) is 4.95. The van der Waals surface area contributed by atoms with Crippen molar-refractivity contribution in [2.45, 2.75) is 34.8 Å². The van der Waals surface area contributed by atoms with E-state index in [1.807, 2.05) is 0 Å². The summed E-state index contributed by atoms with van der Waals surface area (Å²) in [5.41, 5.74) is 0. The van der Waals surface area contributed by atoms with Gasteiger partial charge in [0.1, 0.15) is 9.16 Å². The molecule has 2 nitrogen and oxygen atoms in total. The van der Waals surface area contributed by atoms with E-state index in [-0.39, 0.29) is 9.16 Å². The van der Waals surface area contributed by atoms with Crippen LogP contribution in [-0.4, -0.2) is 29.1 Å². The molecule has 0 aromatic carbocycles. The molecule has 7 heteroatoms. The van der Waals surface area contributed by atoms with Crippen LogP contribution in [0.5, 0.6) is 0 Å². The van der Waals surface area contributed by atoms with E-state index in [9.17, 15) is 8.42 Å². The Morgan fingerprint density at radius 3 is 1.67 bits per heavy atom. The number of sulfone groups is 1. The van der Waals surface area contributed by atoms with Crippen LogP contribution in [0.1, 0.15) is 25.7 Å². The molecule has 2 fully saturated rings. The summed E-state index contributed by atoms with van der Waals surface area (Å²) in [6.45, 7) is 0. The lowest BCUT2D eigenvalue weighted by atomic mass is 10.4. The lowest BCUT2D eigenvalue weighted by Gasteiger charge is -2.27. The van der Waals surface area contributed by atoms with Crippen LogP contribution in [-0.2, 0) is 9.84 Å². The molecular formula is C8H14O2S5. The second kappa shape index (κ2) is 5.80. The zero-order valence-electron chi connectivity index (χ0n) is 8.26. The highest BCUT2D eigenvalue weighted by Gasteiger charge is 2.37. The monoisotopic (exact) mass is 302 g/mol. The fraction of sp³-hybridized carbons (Fsp3) is 1.00. The van der Waals surface area contributed by atoms with Gasteiger partial charge in [-0.2, -0.15) is 0 Å². The van der Waals surface area contributed by atoms with E-state index in [1.165, 1.54) is 0 Å². The predicted molar refractivity (Wildman–Crippen MR) is 75.1 cm³/mol. The molecule has 2 aliphatic heterocycles. The molecule has 2 atom stereocenters. The van der Waals surface area contributed by atoms with Crippen molar-refractivity contribution >= 4 is 53.0 Å². The zero-order chi connectivity index (χ0) is 10.7. The van der Waals surface area contributed by atoms with Crippen LogP contribution in [0.4, 0.5) is 0 Å². The Labute approximate surface area is 107 Å². The molecule has 0 spiro atoms. The maximum atomic E-state index is 12.3. The van der Waals surface area contributed by atoms with Gasteiger partial charge in [0.2, 0.25) is 0 Å². The van der Waals surface area contributed by atoms with Crippen LogP contribution in [0.25, 0.3) is 0 Å². The average molecular weight is 303 g/mol. The summed E-state index contributed by atoms with van der Waals surface area (Å²) < 4.78 is 24.3. The van der Waals surface area contributed by atoms with Gasteiger partial charge in [0, 0.05) is 11.5 Å². The summed E-state index contributed by atoms with van der Waals surface area (Å²) in [6, 6.07) is 0. The predicted octanol–water partition coefficient (Wildman–Crippen LogP) is 3.40. The highest BCUT2D eigenvalue weighted by molar-refractivity contribution is 8.80. The molecule has 0 N–H and O–H groups in total.